The number of hydrogen-bond acceptors (Lipinski definition) is 5. The van der Waals surface area contributed by atoms with Gasteiger partial charge in [-0.25, -0.2) is 0 Å². The highest BCUT2D eigenvalue weighted by molar-refractivity contribution is 5.37. The molecule has 2 rings (SSSR count). The molecule has 0 amide bonds. The fourth-order valence-corrected chi connectivity index (χ4v) is 1.80. The van der Waals surface area contributed by atoms with Gasteiger partial charge in [-0.3, -0.25) is 20.2 Å². The molecule has 0 aliphatic heterocycles. The first-order valence-corrected chi connectivity index (χ1v) is 6.29. The van der Waals surface area contributed by atoms with Crippen molar-refractivity contribution in [2.45, 2.75) is 6.42 Å². The summed E-state index contributed by atoms with van der Waals surface area (Å²) in [5, 5.41) is 21.1. The first kappa shape index (κ1) is 15.2. The zero-order chi connectivity index (χ0) is 16.1. The van der Waals surface area contributed by atoms with E-state index in [-0.39, 0.29) is 11.4 Å². The molecule has 2 aromatic carbocycles. The topological polar surface area (TPSA) is 95.5 Å². The zero-order valence-electron chi connectivity index (χ0n) is 11.5. The minimum absolute atomic E-state index is 0.0191. The third-order valence-corrected chi connectivity index (χ3v) is 2.86. The van der Waals surface area contributed by atoms with Gasteiger partial charge in [0.25, 0.3) is 11.4 Å². The van der Waals surface area contributed by atoms with Crippen LogP contribution in [-0.4, -0.2) is 9.85 Å². The van der Waals surface area contributed by atoms with Crippen LogP contribution >= 0.6 is 0 Å². The lowest BCUT2D eigenvalue weighted by Crippen LogP contribution is -1.98. The van der Waals surface area contributed by atoms with Crippen molar-refractivity contribution in [1.82, 2.24) is 0 Å². The van der Waals surface area contributed by atoms with Crippen molar-refractivity contribution in [3.8, 4) is 5.75 Å². The van der Waals surface area contributed by atoms with Gasteiger partial charge >= 0.3 is 0 Å². The number of nitro benzene ring substituents is 2. The maximum atomic E-state index is 10.6. The van der Waals surface area contributed by atoms with Gasteiger partial charge in [-0.2, -0.15) is 0 Å². The van der Waals surface area contributed by atoms with E-state index in [2.05, 4.69) is 6.58 Å². The average molecular weight is 300 g/mol. The SMILES string of the molecule is C=C(Cc1ccc([N+](=O)[O-])cc1)Oc1ccc([N+](=O)[O-])cc1. The van der Waals surface area contributed by atoms with Gasteiger partial charge in [0, 0.05) is 30.7 Å². The summed E-state index contributed by atoms with van der Waals surface area (Å²) >= 11 is 0. The van der Waals surface area contributed by atoms with Crippen LogP contribution in [0.15, 0.2) is 60.9 Å². The molecule has 0 aliphatic rings. The summed E-state index contributed by atoms with van der Waals surface area (Å²) in [7, 11) is 0. The molecule has 2 aromatic rings. The van der Waals surface area contributed by atoms with Crippen molar-refractivity contribution < 1.29 is 14.6 Å². The Hall–Kier alpha value is -3.22. The molecule has 0 aliphatic carbocycles. The van der Waals surface area contributed by atoms with E-state index < -0.39 is 9.85 Å². The maximum Gasteiger partial charge on any atom is 0.269 e. The van der Waals surface area contributed by atoms with Crippen LogP contribution in [0, 0.1) is 20.2 Å². The second kappa shape index (κ2) is 6.49. The van der Waals surface area contributed by atoms with Crippen LogP contribution < -0.4 is 4.74 Å². The molecule has 112 valence electrons. The number of non-ortho nitro benzene ring substituents is 2. The fourth-order valence-electron chi connectivity index (χ4n) is 1.80. The first-order chi connectivity index (χ1) is 10.5. The molecule has 0 fully saturated rings. The lowest BCUT2D eigenvalue weighted by Gasteiger charge is -2.08. The predicted molar refractivity (Wildman–Crippen MR) is 79.7 cm³/mol. The molecule has 22 heavy (non-hydrogen) atoms. The highest BCUT2D eigenvalue weighted by atomic mass is 16.6. The summed E-state index contributed by atoms with van der Waals surface area (Å²) in [6, 6.07) is 11.7. The second-order valence-corrected chi connectivity index (χ2v) is 4.49. The molecule has 0 radical (unpaired) electrons. The van der Waals surface area contributed by atoms with E-state index in [1.807, 2.05) is 0 Å². The quantitative estimate of drug-likeness (QED) is 0.461. The molecule has 0 saturated carbocycles. The first-order valence-electron chi connectivity index (χ1n) is 6.29. The summed E-state index contributed by atoms with van der Waals surface area (Å²) in [6.07, 6.45) is 0.384. The Morgan fingerprint density at radius 2 is 1.36 bits per heavy atom. The molecular weight excluding hydrogens is 288 g/mol. The van der Waals surface area contributed by atoms with Gasteiger partial charge in [0.2, 0.25) is 0 Å². The highest BCUT2D eigenvalue weighted by Crippen LogP contribution is 2.20. The van der Waals surface area contributed by atoms with Crippen molar-refractivity contribution in [2.24, 2.45) is 0 Å². The van der Waals surface area contributed by atoms with Crippen LogP contribution in [0.25, 0.3) is 0 Å². The van der Waals surface area contributed by atoms with Crippen molar-refractivity contribution in [3.63, 3.8) is 0 Å². The number of benzene rings is 2. The Kier molecular flexibility index (Phi) is 4.47. The van der Waals surface area contributed by atoms with E-state index in [0.717, 1.165) is 5.56 Å². The maximum absolute atomic E-state index is 10.6. The molecule has 0 saturated heterocycles. The summed E-state index contributed by atoms with van der Waals surface area (Å²) in [6.45, 7) is 3.77. The number of nitrogens with zero attached hydrogens (tertiary/aromatic N) is 2. The van der Waals surface area contributed by atoms with E-state index in [1.165, 1.54) is 36.4 Å². The lowest BCUT2D eigenvalue weighted by atomic mass is 10.1. The second-order valence-electron chi connectivity index (χ2n) is 4.49. The van der Waals surface area contributed by atoms with Gasteiger partial charge in [-0.1, -0.05) is 18.7 Å². The number of nitro groups is 2. The smallest absolute Gasteiger partial charge is 0.269 e. The molecule has 7 nitrogen and oxygen atoms in total. The molecule has 0 aromatic heterocycles. The molecule has 0 bridgehead atoms. The minimum atomic E-state index is -0.491. The van der Waals surface area contributed by atoms with Gasteiger partial charge in [0.05, 0.1) is 9.85 Å². The van der Waals surface area contributed by atoms with Crippen molar-refractivity contribution in [3.05, 3.63) is 86.7 Å². The van der Waals surface area contributed by atoms with Crippen LogP contribution in [0.2, 0.25) is 0 Å². The van der Waals surface area contributed by atoms with Crippen molar-refractivity contribution in [2.75, 3.05) is 0 Å². The number of ether oxygens (including phenoxy) is 1. The van der Waals surface area contributed by atoms with E-state index >= 15 is 0 Å². The summed E-state index contributed by atoms with van der Waals surface area (Å²) in [5.41, 5.74) is 0.816. The molecule has 0 N–H and O–H groups in total. The molecule has 0 heterocycles. The molecular formula is C15H12N2O5. The third kappa shape index (κ3) is 3.89. The van der Waals surface area contributed by atoms with Crippen LogP contribution in [0.4, 0.5) is 11.4 Å². The normalized spacial score (nSPS) is 10.0. The standard InChI is InChI=1S/C15H12N2O5/c1-11(10-12-2-4-13(5-3-12)16(18)19)22-15-8-6-14(7-9-15)17(20)21/h2-9H,1,10H2. The monoisotopic (exact) mass is 300 g/mol. The van der Waals surface area contributed by atoms with Crippen LogP contribution in [0.1, 0.15) is 5.56 Å². The van der Waals surface area contributed by atoms with Crippen molar-refractivity contribution >= 4 is 11.4 Å². The summed E-state index contributed by atoms with van der Waals surface area (Å²) in [5.74, 6) is 0.875. The van der Waals surface area contributed by atoms with Crippen molar-refractivity contribution in [1.29, 1.82) is 0 Å². The zero-order valence-corrected chi connectivity index (χ0v) is 11.5. The lowest BCUT2D eigenvalue weighted by molar-refractivity contribution is -0.385. The summed E-state index contributed by atoms with van der Waals surface area (Å²) in [4.78, 5) is 20.2. The van der Waals surface area contributed by atoms with Crippen LogP contribution in [0.3, 0.4) is 0 Å². The van der Waals surface area contributed by atoms with Crippen LogP contribution in [-0.2, 0) is 6.42 Å². The Bertz CT molecular complexity index is 646. The Balaban J connectivity index is 1.97. The number of rotatable bonds is 6. The number of allylic oxidation sites excluding steroid dienone is 1. The largest absolute Gasteiger partial charge is 0.462 e. The number of hydrogen-bond donors (Lipinski definition) is 0. The highest BCUT2D eigenvalue weighted by Gasteiger charge is 2.07. The van der Waals surface area contributed by atoms with Gasteiger partial charge in [-0.05, 0) is 17.7 Å². The minimum Gasteiger partial charge on any atom is -0.462 e. The molecule has 0 unspecified atom stereocenters. The Labute approximate surface area is 125 Å². The Morgan fingerprint density at radius 1 is 0.909 bits per heavy atom. The van der Waals surface area contributed by atoms with Crippen LogP contribution in [0.5, 0.6) is 5.75 Å². The predicted octanol–water partition coefficient (Wildman–Crippen LogP) is 3.64. The van der Waals surface area contributed by atoms with E-state index in [0.29, 0.717) is 17.9 Å². The van der Waals surface area contributed by atoms with Gasteiger partial charge in [0.1, 0.15) is 11.5 Å². The van der Waals surface area contributed by atoms with Gasteiger partial charge in [0.15, 0.2) is 0 Å². The fraction of sp³-hybridized carbons (Fsp3) is 0.0667. The van der Waals surface area contributed by atoms with Gasteiger partial charge in [-0.15, -0.1) is 0 Å². The Morgan fingerprint density at radius 3 is 1.82 bits per heavy atom. The third-order valence-electron chi connectivity index (χ3n) is 2.86. The molecule has 7 heteroatoms. The summed E-state index contributed by atoms with van der Waals surface area (Å²) < 4.78 is 5.48. The van der Waals surface area contributed by atoms with E-state index in [4.69, 9.17) is 4.74 Å². The van der Waals surface area contributed by atoms with E-state index in [9.17, 15) is 20.2 Å². The molecule has 0 atom stereocenters. The van der Waals surface area contributed by atoms with E-state index in [1.54, 1.807) is 12.1 Å². The molecule has 0 spiro atoms. The van der Waals surface area contributed by atoms with Gasteiger partial charge < -0.3 is 4.74 Å². The average Bonchev–Trinajstić information content (AvgIpc) is 2.48.